The fraction of sp³-hybridized carbons (Fsp3) is 0.706. The van der Waals surface area contributed by atoms with Gasteiger partial charge < -0.3 is 4.57 Å². The first kappa shape index (κ1) is 20.1. The fourth-order valence-electron chi connectivity index (χ4n) is 3.29. The van der Waals surface area contributed by atoms with Crippen molar-refractivity contribution in [2.45, 2.75) is 33.7 Å². The lowest BCUT2D eigenvalue weighted by molar-refractivity contribution is 0.0899. The molecule has 0 atom stereocenters. The molecule has 0 radical (unpaired) electrons. The SMILES string of the molecule is CCCn1c(C)cc(C(=O)CN2CCN(S(=O)(=O)N(C)C)CC2)c1C. The summed E-state index contributed by atoms with van der Waals surface area (Å²) in [5, 5.41) is 0. The molecule has 0 spiro atoms. The van der Waals surface area contributed by atoms with Crippen LogP contribution in [-0.2, 0) is 16.8 Å². The van der Waals surface area contributed by atoms with Gasteiger partial charge in [0.2, 0.25) is 0 Å². The molecule has 8 heteroatoms. The number of hydrogen-bond acceptors (Lipinski definition) is 4. The summed E-state index contributed by atoms with van der Waals surface area (Å²) in [4.78, 5) is 14.7. The van der Waals surface area contributed by atoms with Crippen LogP contribution in [0.1, 0.15) is 35.1 Å². The van der Waals surface area contributed by atoms with E-state index in [4.69, 9.17) is 0 Å². The van der Waals surface area contributed by atoms with E-state index >= 15 is 0 Å². The van der Waals surface area contributed by atoms with E-state index in [0.717, 1.165) is 29.9 Å². The van der Waals surface area contributed by atoms with Crippen LogP contribution in [-0.4, -0.2) is 79.1 Å². The third-order valence-corrected chi connectivity index (χ3v) is 6.75. The van der Waals surface area contributed by atoms with Crippen LogP contribution >= 0.6 is 0 Å². The van der Waals surface area contributed by atoms with Crippen molar-refractivity contribution in [3.05, 3.63) is 23.0 Å². The Morgan fingerprint density at radius 3 is 2.28 bits per heavy atom. The summed E-state index contributed by atoms with van der Waals surface area (Å²) in [5.74, 6) is 0.111. The molecule has 0 N–H and O–H groups in total. The van der Waals surface area contributed by atoms with Gasteiger partial charge in [0.05, 0.1) is 6.54 Å². The zero-order valence-electron chi connectivity index (χ0n) is 15.9. The summed E-state index contributed by atoms with van der Waals surface area (Å²) in [6.45, 7) is 9.41. The van der Waals surface area contributed by atoms with Gasteiger partial charge in [0, 0.05) is 63.8 Å². The first-order chi connectivity index (χ1) is 11.7. The summed E-state index contributed by atoms with van der Waals surface area (Å²) in [6.07, 6.45) is 1.03. The zero-order chi connectivity index (χ0) is 18.8. The number of piperazine rings is 1. The molecule has 1 aromatic heterocycles. The van der Waals surface area contributed by atoms with Crippen molar-refractivity contribution >= 4 is 16.0 Å². The van der Waals surface area contributed by atoms with Gasteiger partial charge in [-0.2, -0.15) is 17.0 Å². The Kier molecular flexibility index (Phi) is 6.42. The normalized spacial score (nSPS) is 17.4. The Bertz CT molecular complexity index is 716. The van der Waals surface area contributed by atoms with Crippen molar-refractivity contribution in [3.63, 3.8) is 0 Å². The minimum atomic E-state index is -3.37. The van der Waals surface area contributed by atoms with E-state index in [1.807, 2.05) is 24.8 Å². The molecule has 142 valence electrons. The molecule has 0 bridgehead atoms. The molecule has 1 aromatic rings. The van der Waals surface area contributed by atoms with Crippen LogP contribution in [0, 0.1) is 13.8 Å². The third kappa shape index (κ3) is 4.31. The number of aromatic nitrogens is 1. The van der Waals surface area contributed by atoms with Gasteiger partial charge in [-0.25, -0.2) is 0 Å². The topological polar surface area (TPSA) is 65.9 Å². The second-order valence-corrected chi connectivity index (χ2v) is 8.97. The predicted octanol–water partition coefficient (Wildman–Crippen LogP) is 1.12. The van der Waals surface area contributed by atoms with Crippen molar-refractivity contribution in [1.29, 1.82) is 0 Å². The number of ketones is 1. The quantitative estimate of drug-likeness (QED) is 0.675. The number of Topliss-reactive ketones (excluding diaryl/α,β-unsaturated/α-hetero) is 1. The van der Waals surface area contributed by atoms with E-state index in [1.54, 1.807) is 0 Å². The standard InChI is InChI=1S/C17H30N4O3S/c1-6-7-21-14(2)12-16(15(21)3)17(22)13-19-8-10-20(11-9-19)25(23,24)18(4)5/h12H,6-11,13H2,1-5H3. The van der Waals surface area contributed by atoms with E-state index in [9.17, 15) is 13.2 Å². The molecule has 0 saturated carbocycles. The molecule has 0 unspecified atom stereocenters. The van der Waals surface area contributed by atoms with E-state index in [0.29, 0.717) is 32.7 Å². The summed E-state index contributed by atoms with van der Waals surface area (Å²) >= 11 is 0. The minimum Gasteiger partial charge on any atom is -0.348 e. The number of aryl methyl sites for hydroxylation is 1. The van der Waals surface area contributed by atoms with Crippen LogP contribution in [0.2, 0.25) is 0 Å². The van der Waals surface area contributed by atoms with E-state index in [2.05, 4.69) is 11.5 Å². The van der Waals surface area contributed by atoms with Crippen LogP contribution in [0.15, 0.2) is 6.07 Å². The Labute approximate surface area is 151 Å². The highest BCUT2D eigenvalue weighted by Crippen LogP contribution is 2.17. The highest BCUT2D eigenvalue weighted by Gasteiger charge is 2.29. The smallest absolute Gasteiger partial charge is 0.281 e. The molecule has 2 rings (SSSR count). The number of hydrogen-bond donors (Lipinski definition) is 0. The van der Waals surface area contributed by atoms with Gasteiger partial charge in [-0.3, -0.25) is 9.69 Å². The molecule has 1 fully saturated rings. The second kappa shape index (κ2) is 7.99. The van der Waals surface area contributed by atoms with Crippen LogP contribution < -0.4 is 0 Å². The fourth-order valence-corrected chi connectivity index (χ4v) is 4.38. The molecule has 1 aliphatic rings. The van der Waals surface area contributed by atoms with Crippen molar-refractivity contribution in [2.75, 3.05) is 46.8 Å². The highest BCUT2D eigenvalue weighted by atomic mass is 32.2. The largest absolute Gasteiger partial charge is 0.348 e. The Morgan fingerprint density at radius 2 is 1.76 bits per heavy atom. The molecule has 25 heavy (non-hydrogen) atoms. The average Bonchev–Trinajstić information content (AvgIpc) is 2.84. The monoisotopic (exact) mass is 370 g/mol. The maximum absolute atomic E-state index is 12.7. The summed E-state index contributed by atoms with van der Waals surface area (Å²) in [7, 11) is -0.290. The third-order valence-electron chi connectivity index (χ3n) is 4.81. The maximum Gasteiger partial charge on any atom is 0.281 e. The minimum absolute atomic E-state index is 0.111. The van der Waals surface area contributed by atoms with E-state index < -0.39 is 10.2 Å². The van der Waals surface area contributed by atoms with Crippen LogP contribution in [0.4, 0.5) is 0 Å². The van der Waals surface area contributed by atoms with Gasteiger partial charge in [0.25, 0.3) is 10.2 Å². The van der Waals surface area contributed by atoms with Crippen LogP contribution in [0.3, 0.4) is 0 Å². The number of carbonyl (C=O) groups is 1. The number of rotatable bonds is 7. The van der Waals surface area contributed by atoms with Gasteiger partial charge in [0.15, 0.2) is 5.78 Å². The number of carbonyl (C=O) groups excluding carboxylic acids is 1. The highest BCUT2D eigenvalue weighted by molar-refractivity contribution is 7.86. The second-order valence-electron chi connectivity index (χ2n) is 6.82. The first-order valence-corrected chi connectivity index (χ1v) is 10.2. The molecule has 0 amide bonds. The number of nitrogens with zero attached hydrogens (tertiary/aromatic N) is 4. The van der Waals surface area contributed by atoms with Crippen molar-refractivity contribution in [2.24, 2.45) is 0 Å². The lowest BCUT2D eigenvalue weighted by Gasteiger charge is -2.34. The first-order valence-electron chi connectivity index (χ1n) is 8.78. The van der Waals surface area contributed by atoms with Gasteiger partial charge >= 0.3 is 0 Å². The lowest BCUT2D eigenvalue weighted by Crippen LogP contribution is -2.52. The Balaban J connectivity index is 1.99. The van der Waals surface area contributed by atoms with Gasteiger partial charge in [-0.05, 0) is 26.3 Å². The Hall–Kier alpha value is -1.22. The van der Waals surface area contributed by atoms with E-state index in [-0.39, 0.29) is 5.78 Å². The summed E-state index contributed by atoms with van der Waals surface area (Å²) in [5.41, 5.74) is 2.93. The van der Waals surface area contributed by atoms with Gasteiger partial charge in [-0.1, -0.05) is 6.92 Å². The van der Waals surface area contributed by atoms with Crippen LogP contribution in [0.25, 0.3) is 0 Å². The maximum atomic E-state index is 12.7. The molecule has 2 heterocycles. The zero-order valence-corrected chi connectivity index (χ0v) is 16.8. The molecular weight excluding hydrogens is 340 g/mol. The van der Waals surface area contributed by atoms with Crippen LogP contribution in [0.5, 0.6) is 0 Å². The predicted molar refractivity (Wildman–Crippen MR) is 99.1 cm³/mol. The van der Waals surface area contributed by atoms with Crippen molar-refractivity contribution in [1.82, 2.24) is 18.1 Å². The molecule has 0 aromatic carbocycles. The van der Waals surface area contributed by atoms with Crippen molar-refractivity contribution in [3.8, 4) is 0 Å². The molecular formula is C17H30N4O3S. The average molecular weight is 371 g/mol. The summed E-state index contributed by atoms with van der Waals surface area (Å²) in [6, 6.07) is 1.97. The molecule has 7 nitrogen and oxygen atoms in total. The van der Waals surface area contributed by atoms with E-state index in [1.165, 1.54) is 22.7 Å². The van der Waals surface area contributed by atoms with Gasteiger partial charge in [-0.15, -0.1) is 0 Å². The van der Waals surface area contributed by atoms with Gasteiger partial charge in [0.1, 0.15) is 0 Å². The molecule has 0 aliphatic carbocycles. The lowest BCUT2D eigenvalue weighted by atomic mass is 10.1. The molecule has 1 aliphatic heterocycles. The Morgan fingerprint density at radius 1 is 1.16 bits per heavy atom. The van der Waals surface area contributed by atoms with Crippen molar-refractivity contribution < 1.29 is 13.2 Å². The summed E-state index contributed by atoms with van der Waals surface area (Å²) < 4.78 is 29.2. The molecule has 1 saturated heterocycles.